The summed E-state index contributed by atoms with van der Waals surface area (Å²) >= 11 is 7.52. The molecule has 0 saturated heterocycles. The van der Waals surface area contributed by atoms with Gasteiger partial charge in [0.2, 0.25) is 0 Å². The predicted molar refractivity (Wildman–Crippen MR) is 141 cm³/mol. The molecule has 4 aromatic rings. The number of furan rings is 1. The second-order valence-electron chi connectivity index (χ2n) is 7.77. The lowest BCUT2D eigenvalue weighted by molar-refractivity contribution is 0.0392. The number of ether oxygens (including phenoxy) is 3. The van der Waals surface area contributed by atoms with E-state index >= 15 is 0 Å². The number of aromatic amines is 1. The molecule has 0 atom stereocenters. The molecule has 0 bridgehead atoms. The maximum atomic E-state index is 12.8. The van der Waals surface area contributed by atoms with Crippen LogP contribution in [0.2, 0.25) is 0 Å². The van der Waals surface area contributed by atoms with Crippen LogP contribution < -0.4 is 5.56 Å². The Labute approximate surface area is 220 Å². The smallest absolute Gasteiger partial charge is 0.348 e. The highest BCUT2D eigenvalue weighted by Gasteiger charge is 2.21. The van der Waals surface area contributed by atoms with Gasteiger partial charge in [-0.05, 0) is 43.7 Å². The van der Waals surface area contributed by atoms with Crippen molar-refractivity contribution in [3.05, 3.63) is 74.3 Å². The monoisotopic (exact) mass is 542 g/mol. The van der Waals surface area contributed by atoms with Crippen molar-refractivity contribution in [2.75, 3.05) is 26.9 Å². The van der Waals surface area contributed by atoms with Crippen molar-refractivity contribution in [1.82, 2.24) is 9.97 Å². The molecule has 0 amide bonds. The summed E-state index contributed by atoms with van der Waals surface area (Å²) in [5.41, 5.74) is 1.28. The average Bonchev–Trinajstić information content (AvgIpc) is 3.49. The predicted octanol–water partition coefficient (Wildman–Crippen LogP) is 5.27. The molecular weight excluding hydrogens is 520 g/mol. The molecular formula is C26H23ClN2O7S. The number of aromatic nitrogens is 2. The number of aryl methyl sites for hydroxylation is 1. The Hall–Kier alpha value is -3.73. The topological polar surface area (TPSA) is 121 Å². The lowest BCUT2D eigenvalue weighted by atomic mass is 10.1. The molecule has 0 radical (unpaired) electrons. The van der Waals surface area contributed by atoms with E-state index in [1.165, 1.54) is 13.2 Å². The first-order chi connectivity index (χ1) is 17.8. The Bertz CT molecular complexity index is 1530. The third-order valence-electron chi connectivity index (χ3n) is 5.31. The minimum atomic E-state index is -0.543. The summed E-state index contributed by atoms with van der Waals surface area (Å²) in [5, 5.41) is 0.455. The Morgan fingerprint density at radius 2 is 1.86 bits per heavy atom. The third kappa shape index (κ3) is 5.82. The maximum absolute atomic E-state index is 12.8. The molecule has 0 saturated carbocycles. The van der Waals surface area contributed by atoms with Gasteiger partial charge in [0.25, 0.3) is 5.56 Å². The first-order valence-corrected chi connectivity index (χ1v) is 12.5. The number of carbonyl (C=O) groups is 2. The van der Waals surface area contributed by atoms with Gasteiger partial charge < -0.3 is 23.6 Å². The summed E-state index contributed by atoms with van der Waals surface area (Å²) < 4.78 is 20.9. The van der Waals surface area contributed by atoms with Gasteiger partial charge in [-0.1, -0.05) is 23.7 Å². The quantitative estimate of drug-likeness (QED) is 0.224. The van der Waals surface area contributed by atoms with E-state index in [-0.39, 0.29) is 24.1 Å². The number of carbonyl (C=O) groups excluding carboxylic acids is 2. The standard InChI is InChI=1S/C26H23ClN2O7S/c1-4-34-25(31)16-7-5-15(6-8-16)19-10-9-17(36-19)13-18(27)22-28-23(30)20-14(2)21(37-24(20)29-22)26(32)35-12-11-33-3/h5-10,13H,4,11-12H2,1-3H3,(H,28,29,30)/b18-13-. The van der Waals surface area contributed by atoms with Gasteiger partial charge in [-0.15, -0.1) is 11.3 Å². The number of methoxy groups -OCH3 is 1. The van der Waals surface area contributed by atoms with E-state index in [0.717, 1.165) is 16.9 Å². The molecule has 0 unspecified atom stereocenters. The zero-order chi connectivity index (χ0) is 26.5. The number of halogens is 1. The van der Waals surface area contributed by atoms with Crippen LogP contribution in [0.5, 0.6) is 0 Å². The summed E-state index contributed by atoms with van der Waals surface area (Å²) in [6, 6.07) is 10.3. The number of hydrogen-bond donors (Lipinski definition) is 1. The molecule has 1 aromatic carbocycles. The summed E-state index contributed by atoms with van der Waals surface area (Å²) in [7, 11) is 1.51. The van der Waals surface area contributed by atoms with Crippen LogP contribution in [0.15, 0.2) is 45.6 Å². The SMILES string of the molecule is CCOC(=O)c1ccc(-c2ccc(/C=C(\Cl)c3nc4sc(C(=O)OCCOC)c(C)c4c(=O)[nH]3)o2)cc1. The van der Waals surface area contributed by atoms with E-state index in [1.54, 1.807) is 50.2 Å². The molecule has 192 valence electrons. The molecule has 4 rings (SSSR count). The van der Waals surface area contributed by atoms with E-state index in [4.69, 9.17) is 30.2 Å². The first-order valence-electron chi connectivity index (χ1n) is 11.3. The van der Waals surface area contributed by atoms with Gasteiger partial charge in [0.1, 0.15) is 27.8 Å². The molecule has 1 N–H and O–H groups in total. The van der Waals surface area contributed by atoms with Gasteiger partial charge in [-0.3, -0.25) is 4.79 Å². The van der Waals surface area contributed by atoms with Crippen LogP contribution in [0.4, 0.5) is 0 Å². The van der Waals surface area contributed by atoms with Crippen molar-refractivity contribution in [1.29, 1.82) is 0 Å². The molecule has 3 heterocycles. The van der Waals surface area contributed by atoms with Crippen molar-refractivity contribution in [2.45, 2.75) is 13.8 Å². The van der Waals surface area contributed by atoms with E-state index in [1.807, 2.05) is 0 Å². The van der Waals surface area contributed by atoms with Crippen LogP contribution in [0, 0.1) is 6.92 Å². The minimum Gasteiger partial charge on any atom is -0.462 e. The average molecular weight is 543 g/mol. The lowest BCUT2D eigenvalue weighted by Gasteiger charge is -2.02. The van der Waals surface area contributed by atoms with Gasteiger partial charge in [0, 0.05) is 18.7 Å². The van der Waals surface area contributed by atoms with Crippen LogP contribution in [0.3, 0.4) is 0 Å². The van der Waals surface area contributed by atoms with Crippen molar-refractivity contribution in [2.24, 2.45) is 0 Å². The van der Waals surface area contributed by atoms with E-state index in [0.29, 0.717) is 44.3 Å². The van der Waals surface area contributed by atoms with Crippen LogP contribution in [0.1, 0.15) is 44.1 Å². The number of hydrogen-bond acceptors (Lipinski definition) is 9. The van der Waals surface area contributed by atoms with Gasteiger partial charge >= 0.3 is 11.9 Å². The van der Waals surface area contributed by atoms with Gasteiger partial charge in [-0.2, -0.15) is 0 Å². The summed E-state index contributed by atoms with van der Waals surface area (Å²) in [5.74, 6) is 0.198. The second kappa shape index (κ2) is 11.5. The van der Waals surface area contributed by atoms with E-state index in [9.17, 15) is 14.4 Å². The van der Waals surface area contributed by atoms with Crippen molar-refractivity contribution in [3.8, 4) is 11.3 Å². The van der Waals surface area contributed by atoms with Gasteiger partial charge in [-0.25, -0.2) is 14.6 Å². The number of thiophene rings is 1. The fourth-order valence-electron chi connectivity index (χ4n) is 3.50. The number of H-pyrrole nitrogens is 1. The second-order valence-corrected chi connectivity index (χ2v) is 9.18. The molecule has 0 aliphatic carbocycles. The Morgan fingerprint density at radius 3 is 2.57 bits per heavy atom. The number of esters is 2. The molecule has 0 aliphatic heterocycles. The van der Waals surface area contributed by atoms with E-state index in [2.05, 4.69) is 9.97 Å². The third-order valence-corrected chi connectivity index (χ3v) is 6.76. The van der Waals surface area contributed by atoms with Gasteiger partial charge in [0.15, 0.2) is 5.82 Å². The molecule has 9 nitrogen and oxygen atoms in total. The summed E-state index contributed by atoms with van der Waals surface area (Å²) in [6.45, 7) is 4.10. The van der Waals surface area contributed by atoms with E-state index < -0.39 is 17.5 Å². The Kier molecular flexibility index (Phi) is 8.22. The summed E-state index contributed by atoms with van der Waals surface area (Å²) in [4.78, 5) is 44.8. The van der Waals surface area contributed by atoms with Crippen molar-refractivity contribution < 1.29 is 28.2 Å². The largest absolute Gasteiger partial charge is 0.462 e. The molecule has 3 aromatic heterocycles. The zero-order valence-electron chi connectivity index (χ0n) is 20.3. The highest BCUT2D eigenvalue weighted by Crippen LogP contribution is 2.30. The highest BCUT2D eigenvalue weighted by atomic mass is 35.5. The van der Waals surface area contributed by atoms with Crippen LogP contribution in [-0.4, -0.2) is 48.8 Å². The van der Waals surface area contributed by atoms with Crippen LogP contribution >= 0.6 is 22.9 Å². The Morgan fingerprint density at radius 1 is 1.11 bits per heavy atom. The number of rotatable bonds is 9. The Balaban J connectivity index is 1.57. The fourth-order valence-corrected chi connectivity index (χ4v) is 4.77. The minimum absolute atomic E-state index is 0.104. The highest BCUT2D eigenvalue weighted by molar-refractivity contribution is 7.20. The zero-order valence-corrected chi connectivity index (χ0v) is 21.8. The van der Waals surface area contributed by atoms with Crippen LogP contribution in [-0.2, 0) is 14.2 Å². The number of benzene rings is 1. The summed E-state index contributed by atoms with van der Waals surface area (Å²) in [6.07, 6.45) is 1.53. The molecule has 0 aliphatic rings. The number of nitrogens with one attached hydrogen (secondary N) is 1. The first kappa shape index (κ1) is 26.3. The molecule has 0 spiro atoms. The van der Waals surface area contributed by atoms with Crippen LogP contribution in [0.25, 0.3) is 32.6 Å². The number of nitrogens with zero attached hydrogens (tertiary/aromatic N) is 1. The normalized spacial score (nSPS) is 11.6. The number of fused-ring (bicyclic) bond motifs is 1. The fraction of sp³-hybridized carbons (Fsp3) is 0.231. The molecule has 0 fully saturated rings. The molecule has 37 heavy (non-hydrogen) atoms. The van der Waals surface area contributed by atoms with Crippen molar-refractivity contribution >= 4 is 56.2 Å². The maximum Gasteiger partial charge on any atom is 0.348 e. The molecule has 11 heteroatoms. The van der Waals surface area contributed by atoms with Gasteiger partial charge in [0.05, 0.1) is 29.2 Å². The lowest BCUT2D eigenvalue weighted by Crippen LogP contribution is -2.11. The van der Waals surface area contributed by atoms with Crippen molar-refractivity contribution in [3.63, 3.8) is 0 Å².